The number of hydrogen-bond donors (Lipinski definition) is 1. The average Bonchev–Trinajstić information content (AvgIpc) is 2.75. The normalized spacial score (nSPS) is 12.7. The minimum Gasteiger partial charge on any atom is -0.324 e. The summed E-state index contributed by atoms with van der Waals surface area (Å²) in [6, 6.07) is 10.3. The minimum atomic E-state index is 0.108. The number of aryl methyl sites for hydroxylation is 1. The van der Waals surface area contributed by atoms with Crippen LogP contribution in [0.2, 0.25) is 0 Å². The lowest BCUT2D eigenvalue weighted by Crippen LogP contribution is -2.09. The zero-order valence-corrected chi connectivity index (χ0v) is 9.72. The molecule has 0 amide bonds. The van der Waals surface area contributed by atoms with Gasteiger partial charge < -0.3 is 5.73 Å². The number of aromatic nitrogens is 2. The smallest absolute Gasteiger partial charge is 0.0648 e. The Morgan fingerprint density at radius 3 is 2.81 bits per heavy atom. The van der Waals surface area contributed by atoms with Crippen molar-refractivity contribution in [2.45, 2.75) is 26.3 Å². The maximum Gasteiger partial charge on any atom is 0.0648 e. The topological polar surface area (TPSA) is 43.8 Å². The third kappa shape index (κ3) is 2.14. The molecule has 0 saturated heterocycles. The summed E-state index contributed by atoms with van der Waals surface area (Å²) in [7, 11) is 0. The van der Waals surface area contributed by atoms with Gasteiger partial charge in [-0.15, -0.1) is 0 Å². The van der Waals surface area contributed by atoms with E-state index in [4.69, 9.17) is 5.73 Å². The van der Waals surface area contributed by atoms with E-state index in [2.05, 4.69) is 24.2 Å². The summed E-state index contributed by atoms with van der Waals surface area (Å²) in [5.74, 6) is 0. The fourth-order valence-electron chi connectivity index (χ4n) is 1.69. The maximum absolute atomic E-state index is 6.02. The first-order chi connectivity index (χ1) is 7.70. The number of benzene rings is 1. The molecule has 0 aliphatic heterocycles. The van der Waals surface area contributed by atoms with E-state index in [1.54, 1.807) is 0 Å². The largest absolute Gasteiger partial charge is 0.324 e. The Morgan fingerprint density at radius 1 is 1.38 bits per heavy atom. The first kappa shape index (κ1) is 10.9. The van der Waals surface area contributed by atoms with Crippen LogP contribution in [0.4, 0.5) is 0 Å². The molecule has 0 bridgehead atoms. The van der Waals surface area contributed by atoms with Crippen LogP contribution in [0.3, 0.4) is 0 Å². The van der Waals surface area contributed by atoms with Gasteiger partial charge in [0.25, 0.3) is 0 Å². The van der Waals surface area contributed by atoms with E-state index in [9.17, 15) is 0 Å². The van der Waals surface area contributed by atoms with E-state index in [0.29, 0.717) is 0 Å². The molecule has 3 nitrogen and oxygen atoms in total. The van der Waals surface area contributed by atoms with E-state index in [-0.39, 0.29) is 6.04 Å². The lowest BCUT2D eigenvalue weighted by Gasteiger charge is -2.10. The van der Waals surface area contributed by atoms with Crippen molar-refractivity contribution < 1.29 is 0 Å². The Balaban J connectivity index is 2.36. The molecule has 16 heavy (non-hydrogen) atoms. The monoisotopic (exact) mass is 215 g/mol. The number of rotatable bonds is 3. The molecule has 2 N–H and O–H groups in total. The van der Waals surface area contributed by atoms with E-state index < -0.39 is 0 Å². The summed E-state index contributed by atoms with van der Waals surface area (Å²) >= 11 is 0. The van der Waals surface area contributed by atoms with E-state index in [1.807, 2.05) is 36.0 Å². The van der Waals surface area contributed by atoms with Crippen molar-refractivity contribution in [3.63, 3.8) is 0 Å². The molecule has 1 unspecified atom stereocenters. The zero-order chi connectivity index (χ0) is 11.5. The molecular formula is C13H17N3. The van der Waals surface area contributed by atoms with Crippen molar-refractivity contribution >= 4 is 0 Å². The lowest BCUT2D eigenvalue weighted by molar-refractivity contribution is 0.697. The summed E-state index contributed by atoms with van der Waals surface area (Å²) in [5, 5.41) is 4.38. The van der Waals surface area contributed by atoms with Crippen molar-refractivity contribution in [2.75, 3.05) is 0 Å². The van der Waals surface area contributed by atoms with Crippen LogP contribution in [-0.4, -0.2) is 9.78 Å². The van der Waals surface area contributed by atoms with Gasteiger partial charge in [0.1, 0.15) is 0 Å². The van der Waals surface area contributed by atoms with Crippen LogP contribution in [-0.2, 0) is 0 Å². The van der Waals surface area contributed by atoms with Gasteiger partial charge in [-0.1, -0.05) is 19.1 Å². The van der Waals surface area contributed by atoms with Gasteiger partial charge in [0.05, 0.1) is 11.4 Å². The second kappa shape index (κ2) is 4.49. The molecular weight excluding hydrogens is 198 g/mol. The van der Waals surface area contributed by atoms with Crippen molar-refractivity contribution in [1.29, 1.82) is 0 Å². The molecule has 0 fully saturated rings. The van der Waals surface area contributed by atoms with Gasteiger partial charge in [-0.3, -0.25) is 0 Å². The maximum atomic E-state index is 6.02. The third-order valence-corrected chi connectivity index (χ3v) is 2.73. The standard InChI is InChI=1S/C13H17N3/c1-3-13(14)11-5-4-6-12(9-11)16-8-7-10(2)15-16/h4-9,13H,3,14H2,1-2H3. The second-order valence-corrected chi connectivity index (χ2v) is 4.01. The van der Waals surface area contributed by atoms with Gasteiger partial charge in [0.15, 0.2) is 0 Å². The molecule has 0 aliphatic rings. The fourth-order valence-corrected chi connectivity index (χ4v) is 1.69. The fraction of sp³-hybridized carbons (Fsp3) is 0.308. The van der Waals surface area contributed by atoms with E-state index >= 15 is 0 Å². The highest BCUT2D eigenvalue weighted by molar-refractivity contribution is 5.36. The molecule has 1 aromatic carbocycles. The highest BCUT2D eigenvalue weighted by Crippen LogP contribution is 2.17. The number of hydrogen-bond acceptors (Lipinski definition) is 2. The van der Waals surface area contributed by atoms with Gasteiger partial charge in [-0.2, -0.15) is 5.10 Å². The highest BCUT2D eigenvalue weighted by Gasteiger charge is 2.05. The first-order valence-corrected chi connectivity index (χ1v) is 5.59. The predicted molar refractivity (Wildman–Crippen MR) is 65.5 cm³/mol. The van der Waals surface area contributed by atoms with Crippen molar-refractivity contribution in [1.82, 2.24) is 9.78 Å². The van der Waals surface area contributed by atoms with Crippen LogP contribution < -0.4 is 5.73 Å². The van der Waals surface area contributed by atoms with Crippen LogP contribution in [0.1, 0.15) is 30.6 Å². The van der Waals surface area contributed by atoms with Gasteiger partial charge in [0.2, 0.25) is 0 Å². The van der Waals surface area contributed by atoms with E-state index in [1.165, 1.54) is 0 Å². The second-order valence-electron chi connectivity index (χ2n) is 4.01. The Hall–Kier alpha value is -1.61. The van der Waals surface area contributed by atoms with Gasteiger partial charge >= 0.3 is 0 Å². The molecule has 1 aromatic heterocycles. The number of nitrogens with two attached hydrogens (primary N) is 1. The summed E-state index contributed by atoms with van der Waals surface area (Å²) in [6.07, 6.45) is 2.91. The van der Waals surface area contributed by atoms with Crippen molar-refractivity contribution in [2.24, 2.45) is 5.73 Å². The SMILES string of the molecule is CCC(N)c1cccc(-n2ccc(C)n2)c1. The predicted octanol–water partition coefficient (Wildman–Crippen LogP) is 2.59. The summed E-state index contributed by atoms with van der Waals surface area (Å²) in [5.41, 5.74) is 9.26. The molecule has 0 spiro atoms. The van der Waals surface area contributed by atoms with Crippen LogP contribution >= 0.6 is 0 Å². The summed E-state index contributed by atoms with van der Waals surface area (Å²) < 4.78 is 1.88. The molecule has 0 saturated carbocycles. The molecule has 3 heteroatoms. The summed E-state index contributed by atoms with van der Waals surface area (Å²) in [4.78, 5) is 0. The van der Waals surface area contributed by atoms with Crippen LogP contribution in [0.5, 0.6) is 0 Å². The van der Waals surface area contributed by atoms with Gasteiger partial charge in [0, 0.05) is 12.2 Å². The van der Waals surface area contributed by atoms with Crippen LogP contribution in [0.25, 0.3) is 5.69 Å². The summed E-state index contributed by atoms with van der Waals surface area (Å²) in [6.45, 7) is 4.08. The quantitative estimate of drug-likeness (QED) is 0.855. The Kier molecular flexibility index (Phi) is 3.06. The van der Waals surface area contributed by atoms with Crippen LogP contribution in [0.15, 0.2) is 36.5 Å². The third-order valence-electron chi connectivity index (χ3n) is 2.73. The molecule has 2 aromatic rings. The highest BCUT2D eigenvalue weighted by atomic mass is 15.3. The Morgan fingerprint density at radius 2 is 2.19 bits per heavy atom. The molecule has 0 aliphatic carbocycles. The van der Waals surface area contributed by atoms with E-state index in [0.717, 1.165) is 23.4 Å². The Labute approximate surface area is 95.9 Å². The molecule has 84 valence electrons. The minimum absolute atomic E-state index is 0.108. The van der Waals surface area contributed by atoms with Crippen LogP contribution in [0, 0.1) is 6.92 Å². The molecule has 1 atom stereocenters. The Bertz CT molecular complexity index is 474. The van der Waals surface area contributed by atoms with Gasteiger partial charge in [-0.05, 0) is 37.1 Å². The molecule has 0 radical (unpaired) electrons. The van der Waals surface area contributed by atoms with Crippen molar-refractivity contribution in [3.8, 4) is 5.69 Å². The van der Waals surface area contributed by atoms with Crippen molar-refractivity contribution in [3.05, 3.63) is 47.8 Å². The lowest BCUT2D eigenvalue weighted by atomic mass is 10.1. The number of nitrogens with zero attached hydrogens (tertiary/aromatic N) is 2. The van der Waals surface area contributed by atoms with Gasteiger partial charge in [-0.25, -0.2) is 4.68 Å². The average molecular weight is 215 g/mol. The first-order valence-electron chi connectivity index (χ1n) is 5.59. The zero-order valence-electron chi connectivity index (χ0n) is 9.72. The molecule has 1 heterocycles. The molecule has 2 rings (SSSR count).